The van der Waals surface area contributed by atoms with Gasteiger partial charge in [0.1, 0.15) is 17.5 Å². The van der Waals surface area contributed by atoms with Crippen molar-refractivity contribution in [3.8, 4) is 0 Å². The minimum Gasteiger partial charge on any atom is -0.241 e. The Morgan fingerprint density at radius 3 is 2.23 bits per heavy atom. The highest BCUT2D eigenvalue weighted by molar-refractivity contribution is 6.30. The van der Waals surface area contributed by atoms with E-state index in [9.17, 15) is 4.39 Å². The van der Waals surface area contributed by atoms with Crippen molar-refractivity contribution in [3.05, 3.63) is 106 Å². The molecule has 0 atom stereocenters. The Labute approximate surface area is 211 Å². The number of nitrogens with zero attached hydrogens (tertiary/aromatic N) is 2. The van der Waals surface area contributed by atoms with Crippen molar-refractivity contribution in [2.75, 3.05) is 0 Å². The maximum absolute atomic E-state index is 15.2. The number of benzene rings is 3. The summed E-state index contributed by atoms with van der Waals surface area (Å²) >= 11 is 5.75. The highest BCUT2D eigenvalue weighted by Gasteiger charge is 2.10. The van der Waals surface area contributed by atoms with E-state index in [1.54, 1.807) is 12.1 Å². The molecular weight excluding hydrogens is 462 g/mol. The highest BCUT2D eigenvalue weighted by Crippen LogP contribution is 2.25. The van der Waals surface area contributed by atoms with Crippen LogP contribution < -0.4 is 0 Å². The largest absolute Gasteiger partial charge is 0.241 e. The van der Waals surface area contributed by atoms with Crippen LogP contribution in [0.25, 0.3) is 10.8 Å². The predicted molar refractivity (Wildman–Crippen MR) is 140 cm³/mol. The summed E-state index contributed by atoms with van der Waals surface area (Å²) < 4.78 is 28.8. The zero-order valence-corrected chi connectivity index (χ0v) is 20.9. The molecule has 35 heavy (non-hydrogen) atoms. The summed E-state index contributed by atoms with van der Waals surface area (Å²) in [4.78, 5) is 9.07. The van der Waals surface area contributed by atoms with Gasteiger partial charge >= 0.3 is 0 Å². The monoisotopic (exact) mass is 492 g/mol. The first kappa shape index (κ1) is 25.2. The number of halogens is 3. The predicted octanol–water partition coefficient (Wildman–Crippen LogP) is 8.25. The van der Waals surface area contributed by atoms with E-state index in [-0.39, 0.29) is 10.8 Å². The number of aryl methyl sites for hydroxylation is 5. The van der Waals surface area contributed by atoms with E-state index < -0.39 is 5.82 Å². The Balaban J connectivity index is 1.35. The second kappa shape index (κ2) is 12.2. The number of unbranched alkanes of at least 4 members (excludes halogenated alkanes) is 3. The molecule has 1 aromatic heterocycles. The number of aromatic nitrogens is 2. The molecule has 0 fully saturated rings. The maximum Gasteiger partial charge on any atom is 0.142 e. The smallest absolute Gasteiger partial charge is 0.142 e. The van der Waals surface area contributed by atoms with Crippen molar-refractivity contribution in [1.29, 1.82) is 0 Å². The Kier molecular flexibility index (Phi) is 8.81. The fourth-order valence-electron chi connectivity index (χ4n) is 4.36. The maximum atomic E-state index is 15.2. The molecule has 5 heteroatoms. The lowest BCUT2D eigenvalue weighted by Crippen LogP contribution is -2.00. The highest BCUT2D eigenvalue weighted by atomic mass is 35.5. The van der Waals surface area contributed by atoms with Crippen LogP contribution >= 0.6 is 11.6 Å². The zero-order chi connectivity index (χ0) is 24.6. The fourth-order valence-corrected chi connectivity index (χ4v) is 4.48. The number of rotatable bonds is 11. The van der Waals surface area contributed by atoms with Gasteiger partial charge in [-0.1, -0.05) is 74.2 Å². The molecule has 0 aliphatic heterocycles. The SMILES string of the molecule is CCCCCCc1cnc(CCc2ccc3c(F)c(CCc4ccc(Cl)c(F)c4)ccc3c2)nc1. The zero-order valence-electron chi connectivity index (χ0n) is 20.2. The molecule has 0 unspecified atom stereocenters. The molecule has 1 heterocycles. The molecule has 0 N–H and O–H groups in total. The van der Waals surface area contributed by atoms with Crippen LogP contribution in [0.5, 0.6) is 0 Å². The van der Waals surface area contributed by atoms with Crippen molar-refractivity contribution in [3.63, 3.8) is 0 Å². The van der Waals surface area contributed by atoms with Crippen LogP contribution in [-0.4, -0.2) is 9.97 Å². The summed E-state index contributed by atoms with van der Waals surface area (Å²) in [6.07, 6.45) is 12.5. The van der Waals surface area contributed by atoms with Crippen LogP contribution in [0.1, 0.15) is 60.7 Å². The normalized spacial score (nSPS) is 11.3. The van der Waals surface area contributed by atoms with Gasteiger partial charge in [-0.2, -0.15) is 0 Å². The van der Waals surface area contributed by atoms with Gasteiger partial charge in [0, 0.05) is 24.2 Å². The number of hydrogen-bond acceptors (Lipinski definition) is 2. The van der Waals surface area contributed by atoms with Gasteiger partial charge in [0.2, 0.25) is 0 Å². The molecule has 0 bridgehead atoms. The molecule has 4 aromatic rings. The molecule has 0 spiro atoms. The number of fused-ring (bicyclic) bond motifs is 1. The van der Waals surface area contributed by atoms with Gasteiger partial charge in [-0.3, -0.25) is 0 Å². The van der Waals surface area contributed by atoms with Crippen LogP contribution in [0.2, 0.25) is 5.02 Å². The molecule has 2 nitrogen and oxygen atoms in total. The minimum absolute atomic E-state index is 0.0998. The van der Waals surface area contributed by atoms with E-state index in [0.717, 1.165) is 41.6 Å². The van der Waals surface area contributed by atoms with Crippen LogP contribution in [0.15, 0.2) is 60.9 Å². The molecule has 0 amide bonds. The molecule has 0 saturated heterocycles. The molecular formula is C30H31ClF2N2. The first-order chi connectivity index (χ1) is 17.0. The Hall–Kier alpha value is -2.85. The summed E-state index contributed by atoms with van der Waals surface area (Å²) in [6.45, 7) is 2.22. The van der Waals surface area contributed by atoms with Crippen molar-refractivity contribution >= 4 is 22.4 Å². The lowest BCUT2D eigenvalue weighted by molar-refractivity contribution is 0.617. The Bertz CT molecular complexity index is 1270. The summed E-state index contributed by atoms with van der Waals surface area (Å²) in [6, 6.07) is 14.4. The fraction of sp³-hybridized carbons (Fsp3) is 0.333. The lowest BCUT2D eigenvalue weighted by atomic mass is 9.98. The first-order valence-corrected chi connectivity index (χ1v) is 12.8. The van der Waals surface area contributed by atoms with Crippen molar-refractivity contribution in [1.82, 2.24) is 9.97 Å². The molecule has 182 valence electrons. The average molecular weight is 493 g/mol. The van der Waals surface area contributed by atoms with Crippen molar-refractivity contribution < 1.29 is 8.78 Å². The topological polar surface area (TPSA) is 25.8 Å². The molecule has 0 saturated carbocycles. The van der Waals surface area contributed by atoms with E-state index in [0.29, 0.717) is 23.8 Å². The molecule has 0 radical (unpaired) electrons. The lowest BCUT2D eigenvalue weighted by Gasteiger charge is -2.09. The molecule has 0 aliphatic carbocycles. The van der Waals surface area contributed by atoms with E-state index in [2.05, 4.69) is 16.9 Å². The van der Waals surface area contributed by atoms with Crippen LogP contribution in [0, 0.1) is 11.6 Å². The van der Waals surface area contributed by atoms with Crippen LogP contribution in [0.3, 0.4) is 0 Å². The van der Waals surface area contributed by atoms with Gasteiger partial charge in [-0.15, -0.1) is 0 Å². The molecule has 4 rings (SSSR count). The van der Waals surface area contributed by atoms with Gasteiger partial charge in [0.05, 0.1) is 5.02 Å². The van der Waals surface area contributed by atoms with E-state index in [4.69, 9.17) is 11.6 Å². The molecule has 3 aromatic carbocycles. The second-order valence-electron chi connectivity index (χ2n) is 9.16. The number of hydrogen-bond donors (Lipinski definition) is 0. The van der Waals surface area contributed by atoms with Gasteiger partial charge in [-0.05, 0) is 71.9 Å². The summed E-state index contributed by atoms with van der Waals surface area (Å²) in [5.41, 5.74) is 3.76. The van der Waals surface area contributed by atoms with Crippen LogP contribution in [-0.2, 0) is 32.1 Å². The van der Waals surface area contributed by atoms with E-state index in [1.165, 1.54) is 37.3 Å². The third-order valence-electron chi connectivity index (χ3n) is 6.48. The van der Waals surface area contributed by atoms with E-state index in [1.807, 2.05) is 42.7 Å². The molecule has 0 aliphatic rings. The minimum atomic E-state index is -0.445. The standard InChI is InChI=1S/C30H31ClF2N2/c1-2-3-4-5-6-23-19-34-29(35-20-23)16-10-21-8-14-26-25(17-21)13-12-24(30(26)33)11-7-22-9-15-27(31)28(32)18-22/h8-9,12-15,17-20H,2-7,10-11,16H2,1H3. The quantitative estimate of drug-likeness (QED) is 0.197. The summed E-state index contributed by atoms with van der Waals surface area (Å²) in [5.74, 6) is 0.184. The van der Waals surface area contributed by atoms with Crippen molar-refractivity contribution in [2.45, 2.75) is 64.7 Å². The third kappa shape index (κ3) is 6.85. The third-order valence-corrected chi connectivity index (χ3v) is 6.79. The summed E-state index contributed by atoms with van der Waals surface area (Å²) in [7, 11) is 0. The second-order valence-corrected chi connectivity index (χ2v) is 9.57. The van der Waals surface area contributed by atoms with Crippen molar-refractivity contribution in [2.24, 2.45) is 0 Å². The Morgan fingerprint density at radius 2 is 1.46 bits per heavy atom. The average Bonchev–Trinajstić information content (AvgIpc) is 2.87. The Morgan fingerprint density at radius 1 is 0.714 bits per heavy atom. The van der Waals surface area contributed by atoms with Gasteiger partial charge in [0.15, 0.2) is 0 Å². The van der Waals surface area contributed by atoms with Gasteiger partial charge in [0.25, 0.3) is 0 Å². The van der Waals surface area contributed by atoms with Gasteiger partial charge < -0.3 is 0 Å². The van der Waals surface area contributed by atoms with Gasteiger partial charge in [-0.25, -0.2) is 18.7 Å². The van der Waals surface area contributed by atoms with Crippen LogP contribution in [0.4, 0.5) is 8.78 Å². The van der Waals surface area contributed by atoms with E-state index >= 15 is 4.39 Å². The first-order valence-electron chi connectivity index (χ1n) is 12.5. The summed E-state index contributed by atoms with van der Waals surface area (Å²) in [5, 5.41) is 1.59.